The van der Waals surface area contributed by atoms with Crippen molar-refractivity contribution in [2.45, 2.75) is 174 Å². The van der Waals surface area contributed by atoms with Gasteiger partial charge in [0.05, 0.1) is 6.61 Å². The Kier molecular flexibility index (Phi) is 26.7. The van der Waals surface area contributed by atoms with Gasteiger partial charge in [-0.3, -0.25) is 4.52 Å². The first-order valence-electron chi connectivity index (χ1n) is 15.5. The molecule has 0 aromatic heterocycles. The molecule has 9 heteroatoms. The van der Waals surface area contributed by atoms with Crippen LogP contribution in [0.1, 0.15) is 174 Å². The predicted molar refractivity (Wildman–Crippen MR) is 155 cm³/mol. The molecule has 1 unspecified atom stereocenters. The van der Waals surface area contributed by atoms with Crippen LogP contribution in [0.4, 0.5) is 0 Å². The van der Waals surface area contributed by atoms with Gasteiger partial charge < -0.3 is 14.7 Å². The van der Waals surface area contributed by atoms with Crippen molar-refractivity contribution in [3.8, 4) is 0 Å². The van der Waals surface area contributed by atoms with Crippen molar-refractivity contribution in [3.63, 3.8) is 0 Å². The van der Waals surface area contributed by atoms with Crippen LogP contribution >= 0.6 is 15.6 Å². The number of rotatable bonds is 30. The molecule has 0 rings (SSSR count). The highest BCUT2D eigenvalue weighted by Gasteiger charge is 2.31. The summed E-state index contributed by atoms with van der Waals surface area (Å²) in [6, 6.07) is 0. The monoisotopic (exact) mass is 570 g/mol. The van der Waals surface area contributed by atoms with Gasteiger partial charge in [0.25, 0.3) is 0 Å². The van der Waals surface area contributed by atoms with Crippen LogP contribution in [0, 0.1) is 0 Å². The van der Waals surface area contributed by atoms with E-state index < -0.39 is 15.6 Å². The van der Waals surface area contributed by atoms with Crippen molar-refractivity contribution < 1.29 is 32.6 Å². The summed E-state index contributed by atoms with van der Waals surface area (Å²) in [7, 11) is -9.70. The van der Waals surface area contributed by atoms with Gasteiger partial charge in [0, 0.05) is 0 Å². The van der Waals surface area contributed by atoms with Gasteiger partial charge in [0.15, 0.2) is 0 Å². The van der Waals surface area contributed by atoms with Gasteiger partial charge >= 0.3 is 15.6 Å². The topological polar surface area (TPSA) is 113 Å². The van der Waals surface area contributed by atoms with Crippen molar-refractivity contribution in [1.29, 1.82) is 0 Å². The molecular weight excluding hydrogens is 510 g/mol. The van der Waals surface area contributed by atoms with Crippen LogP contribution in [-0.4, -0.2) is 21.3 Å². The Bertz CT molecular complexity index is 569. The molecule has 0 spiro atoms. The minimum absolute atomic E-state index is 0.0485. The third kappa shape index (κ3) is 32.4. The van der Waals surface area contributed by atoms with E-state index in [1.807, 2.05) is 0 Å². The van der Waals surface area contributed by atoms with Gasteiger partial charge in [0.1, 0.15) is 0 Å². The minimum atomic E-state index is -5.03. The Balaban J connectivity index is 3.16. The Morgan fingerprint density at radius 2 is 0.676 bits per heavy atom. The molecule has 0 aliphatic rings. The summed E-state index contributed by atoms with van der Waals surface area (Å²) in [4.78, 5) is 26.2. The van der Waals surface area contributed by atoms with Crippen molar-refractivity contribution in [2.75, 3.05) is 6.61 Å². The highest BCUT2D eigenvalue weighted by Crippen LogP contribution is 2.57. The van der Waals surface area contributed by atoms with E-state index in [-0.39, 0.29) is 6.61 Å². The smallest absolute Gasteiger partial charge is 0.302 e. The highest BCUT2D eigenvalue weighted by molar-refractivity contribution is 7.60. The first-order chi connectivity index (χ1) is 17.8. The van der Waals surface area contributed by atoms with Crippen molar-refractivity contribution >= 4 is 15.6 Å². The molecule has 0 saturated carbocycles. The van der Waals surface area contributed by atoms with Crippen LogP contribution in [0.3, 0.4) is 0 Å². The normalized spacial score (nSPS) is 13.7. The predicted octanol–water partition coefficient (Wildman–Crippen LogP) is 10.4. The Morgan fingerprint density at radius 3 is 0.919 bits per heavy atom. The van der Waals surface area contributed by atoms with E-state index in [1.165, 1.54) is 141 Å². The minimum Gasteiger partial charge on any atom is -0.302 e. The Labute approximate surface area is 228 Å². The number of phosphoric ester groups is 1. The molecule has 0 aromatic rings. The molecule has 224 valence electrons. The number of unbranched alkanes of at least 4 members (excludes halogenated alkanes) is 25. The maximum Gasteiger partial charge on any atom is 0.481 e. The molecule has 0 bridgehead atoms. The van der Waals surface area contributed by atoms with E-state index in [0.29, 0.717) is 6.42 Å². The van der Waals surface area contributed by atoms with Crippen LogP contribution < -0.4 is 0 Å². The van der Waals surface area contributed by atoms with Gasteiger partial charge in [-0.2, -0.15) is 4.31 Å². The van der Waals surface area contributed by atoms with Crippen molar-refractivity contribution in [3.05, 3.63) is 0 Å². The molecule has 37 heavy (non-hydrogen) atoms. The summed E-state index contributed by atoms with van der Waals surface area (Å²) in [5, 5.41) is 0. The third-order valence-electron chi connectivity index (χ3n) is 6.96. The second-order valence-electron chi connectivity index (χ2n) is 10.7. The van der Waals surface area contributed by atoms with Gasteiger partial charge in [-0.25, -0.2) is 9.13 Å². The largest absolute Gasteiger partial charge is 0.481 e. The van der Waals surface area contributed by atoms with E-state index in [0.717, 1.165) is 19.3 Å². The fraction of sp³-hybridized carbons (Fsp3) is 1.00. The van der Waals surface area contributed by atoms with E-state index >= 15 is 0 Å². The zero-order chi connectivity index (χ0) is 27.5. The van der Waals surface area contributed by atoms with Crippen molar-refractivity contribution in [1.82, 2.24) is 0 Å². The molecule has 0 heterocycles. The fourth-order valence-electron chi connectivity index (χ4n) is 4.76. The first kappa shape index (κ1) is 37.3. The third-order valence-corrected chi connectivity index (χ3v) is 9.15. The van der Waals surface area contributed by atoms with E-state index in [2.05, 4.69) is 15.8 Å². The van der Waals surface area contributed by atoms with E-state index in [9.17, 15) is 9.13 Å². The van der Waals surface area contributed by atoms with Gasteiger partial charge in [-0.15, -0.1) is 0 Å². The van der Waals surface area contributed by atoms with Crippen LogP contribution in [0.25, 0.3) is 0 Å². The van der Waals surface area contributed by atoms with Gasteiger partial charge in [-0.05, 0) is 6.42 Å². The number of hydrogen-bond donors (Lipinski definition) is 3. The molecule has 0 fully saturated rings. The summed E-state index contributed by atoms with van der Waals surface area (Å²) in [5.74, 6) is 0. The molecule has 0 radical (unpaired) electrons. The molecule has 0 aromatic carbocycles. The van der Waals surface area contributed by atoms with E-state index in [1.54, 1.807) is 0 Å². The highest BCUT2D eigenvalue weighted by atomic mass is 31.3. The molecular formula is C28H60O7P2. The maximum atomic E-state index is 11.3. The van der Waals surface area contributed by atoms with Gasteiger partial charge in [-0.1, -0.05) is 167 Å². The summed E-state index contributed by atoms with van der Waals surface area (Å²) >= 11 is 0. The Hall–Kier alpha value is 0.260. The summed E-state index contributed by atoms with van der Waals surface area (Å²) in [6.07, 6.45) is 34.2. The SMILES string of the molecule is CCCCCCCCCCCCCCCCCCCCCCCCCCCCOP(=O)(O)OP(=O)(O)O. The summed E-state index contributed by atoms with van der Waals surface area (Å²) in [6.45, 7) is 2.23. The average molecular weight is 571 g/mol. The number of phosphoric acid groups is 2. The van der Waals surface area contributed by atoms with Crippen LogP contribution in [0.2, 0.25) is 0 Å². The van der Waals surface area contributed by atoms with Gasteiger partial charge in [0.2, 0.25) is 0 Å². The molecule has 0 aliphatic heterocycles. The molecule has 3 N–H and O–H groups in total. The Morgan fingerprint density at radius 1 is 0.432 bits per heavy atom. The second-order valence-corrected chi connectivity index (χ2v) is 13.5. The fourth-order valence-corrected chi connectivity index (χ4v) is 6.38. The van der Waals surface area contributed by atoms with Crippen LogP contribution in [0.5, 0.6) is 0 Å². The second kappa shape index (κ2) is 26.5. The molecule has 0 aliphatic carbocycles. The molecule has 0 saturated heterocycles. The summed E-state index contributed by atoms with van der Waals surface area (Å²) < 4.78 is 30.1. The molecule has 7 nitrogen and oxygen atoms in total. The lowest BCUT2D eigenvalue weighted by Gasteiger charge is -2.12. The van der Waals surface area contributed by atoms with Crippen molar-refractivity contribution in [2.24, 2.45) is 0 Å². The van der Waals surface area contributed by atoms with Crippen LogP contribution in [0.15, 0.2) is 0 Å². The van der Waals surface area contributed by atoms with E-state index in [4.69, 9.17) is 14.7 Å². The lowest BCUT2D eigenvalue weighted by atomic mass is 10.0. The first-order valence-corrected chi connectivity index (χ1v) is 18.5. The molecule has 0 amide bonds. The van der Waals surface area contributed by atoms with Crippen LogP contribution in [-0.2, 0) is 18.0 Å². The lowest BCUT2D eigenvalue weighted by molar-refractivity contribution is 0.175. The summed E-state index contributed by atoms with van der Waals surface area (Å²) in [5.41, 5.74) is 0. The number of hydrogen-bond acceptors (Lipinski definition) is 4. The zero-order valence-electron chi connectivity index (χ0n) is 24.0. The molecule has 1 atom stereocenters. The quantitative estimate of drug-likeness (QED) is 0.0581. The standard InChI is InChI=1S/C28H60O7P2/c1-2-3-4-5-6-7-8-9-10-11-12-13-14-15-16-17-18-19-20-21-22-23-24-25-26-27-28-34-37(32,33)35-36(29,30)31/h2-28H2,1H3,(H,32,33)(H2,29,30,31). The zero-order valence-corrected chi connectivity index (χ0v) is 25.7. The lowest BCUT2D eigenvalue weighted by Crippen LogP contribution is -1.96. The average Bonchev–Trinajstić information content (AvgIpc) is 2.82. The maximum absolute atomic E-state index is 11.3.